The van der Waals surface area contributed by atoms with Crippen molar-refractivity contribution < 1.29 is 4.79 Å². The molecule has 4 aromatic rings. The van der Waals surface area contributed by atoms with Gasteiger partial charge in [-0.2, -0.15) is 10.1 Å². The van der Waals surface area contributed by atoms with Crippen molar-refractivity contribution in [2.45, 2.75) is 32.2 Å². The Labute approximate surface area is 216 Å². The van der Waals surface area contributed by atoms with E-state index in [0.717, 1.165) is 59.9 Å². The first-order valence-electron chi connectivity index (χ1n) is 12.1. The zero-order valence-corrected chi connectivity index (χ0v) is 21.8. The van der Waals surface area contributed by atoms with Gasteiger partial charge in [-0.1, -0.05) is 19.1 Å². The molecule has 3 aromatic heterocycles. The molecule has 6 rings (SSSR count). The SMILES string of the molecule is CNC(=O)[C@]1(C)CC[C@@H](Nc2ncc3c(Br)nn(-c4cc(C5=CCNC5)c5ncccc5c4)c3n2)C1. The largest absolute Gasteiger partial charge is 0.359 e. The molecule has 0 spiro atoms. The van der Waals surface area contributed by atoms with Gasteiger partial charge in [0, 0.05) is 54.9 Å². The van der Waals surface area contributed by atoms with Crippen LogP contribution in [0.4, 0.5) is 5.95 Å². The van der Waals surface area contributed by atoms with Crippen molar-refractivity contribution in [1.82, 2.24) is 35.4 Å². The summed E-state index contributed by atoms with van der Waals surface area (Å²) < 4.78 is 2.54. The highest BCUT2D eigenvalue weighted by molar-refractivity contribution is 9.10. The van der Waals surface area contributed by atoms with Crippen LogP contribution in [-0.2, 0) is 4.79 Å². The Morgan fingerprint density at radius 2 is 2.19 bits per heavy atom. The molecule has 184 valence electrons. The zero-order chi connectivity index (χ0) is 24.9. The minimum atomic E-state index is -0.374. The predicted molar refractivity (Wildman–Crippen MR) is 144 cm³/mol. The zero-order valence-electron chi connectivity index (χ0n) is 20.2. The maximum absolute atomic E-state index is 12.3. The van der Waals surface area contributed by atoms with Crippen LogP contribution in [0.15, 0.2) is 47.3 Å². The third-order valence-corrected chi connectivity index (χ3v) is 7.90. The topological polar surface area (TPSA) is 110 Å². The molecule has 3 N–H and O–H groups in total. The van der Waals surface area contributed by atoms with E-state index in [4.69, 9.17) is 10.1 Å². The predicted octanol–water partition coefficient (Wildman–Crippen LogP) is 3.83. The van der Waals surface area contributed by atoms with E-state index in [-0.39, 0.29) is 17.4 Å². The summed E-state index contributed by atoms with van der Waals surface area (Å²) in [4.78, 5) is 26.4. The van der Waals surface area contributed by atoms with Gasteiger partial charge in [0.25, 0.3) is 0 Å². The molecule has 0 unspecified atom stereocenters. The van der Waals surface area contributed by atoms with E-state index in [1.54, 1.807) is 13.2 Å². The van der Waals surface area contributed by atoms with E-state index in [2.05, 4.69) is 66.1 Å². The minimum absolute atomic E-state index is 0.0827. The van der Waals surface area contributed by atoms with Crippen LogP contribution < -0.4 is 16.0 Å². The lowest BCUT2D eigenvalue weighted by molar-refractivity contribution is -0.129. The Balaban J connectivity index is 1.39. The second-order valence-electron chi connectivity index (χ2n) is 9.79. The van der Waals surface area contributed by atoms with Crippen molar-refractivity contribution in [3.05, 3.63) is 52.9 Å². The number of carbonyl (C=O) groups excluding carboxylic acids is 1. The van der Waals surface area contributed by atoms with Gasteiger partial charge in [-0.05, 0) is 59.0 Å². The Bertz CT molecular complexity index is 1530. The van der Waals surface area contributed by atoms with Gasteiger partial charge in [0.05, 0.1) is 16.6 Å². The van der Waals surface area contributed by atoms with E-state index >= 15 is 0 Å². The Morgan fingerprint density at radius 3 is 3.00 bits per heavy atom. The highest BCUT2D eigenvalue weighted by Crippen LogP contribution is 2.39. The molecule has 1 fully saturated rings. The number of carbonyl (C=O) groups is 1. The number of aromatic nitrogens is 5. The Hall–Kier alpha value is -3.37. The highest BCUT2D eigenvalue weighted by atomic mass is 79.9. The summed E-state index contributed by atoms with van der Waals surface area (Å²) in [6.07, 6.45) is 8.28. The number of halogens is 1. The summed E-state index contributed by atoms with van der Waals surface area (Å²) in [5, 5.41) is 16.3. The Morgan fingerprint density at radius 1 is 1.31 bits per heavy atom. The number of fused-ring (bicyclic) bond motifs is 2. The van der Waals surface area contributed by atoms with E-state index in [9.17, 15) is 4.79 Å². The maximum Gasteiger partial charge on any atom is 0.225 e. The van der Waals surface area contributed by atoms with Gasteiger partial charge in [0.1, 0.15) is 4.60 Å². The third-order valence-electron chi connectivity index (χ3n) is 7.32. The van der Waals surface area contributed by atoms with Crippen LogP contribution in [0.2, 0.25) is 0 Å². The number of pyridine rings is 1. The number of hydrogen-bond donors (Lipinski definition) is 3. The first-order valence-corrected chi connectivity index (χ1v) is 12.9. The van der Waals surface area contributed by atoms with Gasteiger partial charge < -0.3 is 16.0 Å². The van der Waals surface area contributed by atoms with E-state index < -0.39 is 0 Å². The van der Waals surface area contributed by atoms with Crippen molar-refractivity contribution in [3.8, 4) is 5.69 Å². The summed E-state index contributed by atoms with van der Waals surface area (Å²) in [6.45, 7) is 3.68. The van der Waals surface area contributed by atoms with Crippen LogP contribution in [0.3, 0.4) is 0 Å². The average molecular weight is 547 g/mol. The normalized spacial score (nSPS) is 21.8. The standard InChI is InChI=1S/C26H27BrN8O/c1-26(24(36)28-2)7-5-17(12-26)32-25-31-14-20-22(27)34-35(23(20)33-25)18-10-15-4-3-8-30-21(15)19(11-18)16-6-9-29-13-16/h3-4,6,8,10-11,14,17,29H,5,7,9,12-13H2,1-2H3,(H,28,36)(H,31,32,33)/t17-,26-/m1/s1. The van der Waals surface area contributed by atoms with Crippen molar-refractivity contribution in [2.75, 3.05) is 25.5 Å². The van der Waals surface area contributed by atoms with Crippen molar-refractivity contribution >= 4 is 55.3 Å². The molecule has 0 radical (unpaired) electrons. The van der Waals surface area contributed by atoms with Crippen LogP contribution in [-0.4, -0.2) is 56.8 Å². The number of anilines is 1. The van der Waals surface area contributed by atoms with Gasteiger partial charge in [-0.25, -0.2) is 9.67 Å². The van der Waals surface area contributed by atoms with Gasteiger partial charge in [0.15, 0.2) is 5.65 Å². The fraction of sp³-hybridized carbons (Fsp3) is 0.346. The molecule has 1 aliphatic carbocycles. The number of nitrogens with zero attached hydrogens (tertiary/aromatic N) is 5. The molecular formula is C26H27BrN8O. The van der Waals surface area contributed by atoms with Crippen LogP contribution in [0.1, 0.15) is 31.7 Å². The molecule has 1 amide bonds. The quantitative estimate of drug-likeness (QED) is 0.349. The van der Waals surface area contributed by atoms with Gasteiger partial charge in [-0.15, -0.1) is 0 Å². The molecule has 1 aromatic carbocycles. The maximum atomic E-state index is 12.3. The summed E-state index contributed by atoms with van der Waals surface area (Å²) in [5.74, 6) is 0.618. The number of rotatable bonds is 5. The molecular weight excluding hydrogens is 520 g/mol. The van der Waals surface area contributed by atoms with Gasteiger partial charge in [-0.3, -0.25) is 9.78 Å². The molecule has 0 bridgehead atoms. The molecule has 9 nitrogen and oxygen atoms in total. The number of nitrogens with one attached hydrogen (secondary N) is 3. The molecule has 4 heterocycles. The summed E-state index contributed by atoms with van der Waals surface area (Å²) >= 11 is 3.59. The molecule has 0 saturated heterocycles. The van der Waals surface area contributed by atoms with Crippen LogP contribution >= 0.6 is 15.9 Å². The van der Waals surface area contributed by atoms with Crippen molar-refractivity contribution in [1.29, 1.82) is 0 Å². The second kappa shape index (κ2) is 8.94. The summed E-state index contributed by atoms with van der Waals surface area (Å²) in [7, 11) is 1.69. The first-order chi connectivity index (χ1) is 17.4. The van der Waals surface area contributed by atoms with E-state index in [1.807, 2.05) is 23.9 Å². The highest BCUT2D eigenvalue weighted by Gasteiger charge is 2.41. The number of amides is 1. The lowest BCUT2D eigenvalue weighted by Gasteiger charge is -2.22. The number of benzene rings is 1. The Kier molecular flexibility index (Phi) is 5.72. The smallest absolute Gasteiger partial charge is 0.225 e. The molecule has 2 aliphatic rings. The molecule has 2 atom stereocenters. The molecule has 1 saturated carbocycles. The lowest BCUT2D eigenvalue weighted by atomic mass is 9.87. The van der Waals surface area contributed by atoms with Crippen LogP contribution in [0, 0.1) is 5.41 Å². The lowest BCUT2D eigenvalue weighted by Crippen LogP contribution is -2.35. The monoisotopic (exact) mass is 546 g/mol. The molecule has 36 heavy (non-hydrogen) atoms. The third kappa shape index (κ3) is 3.94. The van der Waals surface area contributed by atoms with Crippen LogP contribution in [0.5, 0.6) is 0 Å². The minimum Gasteiger partial charge on any atom is -0.359 e. The fourth-order valence-electron chi connectivity index (χ4n) is 5.40. The average Bonchev–Trinajstić information content (AvgIpc) is 3.63. The van der Waals surface area contributed by atoms with Gasteiger partial charge in [0.2, 0.25) is 11.9 Å². The summed E-state index contributed by atoms with van der Waals surface area (Å²) in [5.41, 5.74) is 4.55. The fourth-order valence-corrected chi connectivity index (χ4v) is 5.83. The van der Waals surface area contributed by atoms with E-state index in [1.165, 1.54) is 5.57 Å². The summed E-state index contributed by atoms with van der Waals surface area (Å²) in [6, 6.07) is 8.38. The van der Waals surface area contributed by atoms with Crippen LogP contribution in [0.25, 0.3) is 33.2 Å². The molecule has 10 heteroatoms. The van der Waals surface area contributed by atoms with Crippen molar-refractivity contribution in [3.63, 3.8) is 0 Å². The number of hydrogen-bond acceptors (Lipinski definition) is 7. The first kappa shape index (κ1) is 23.1. The van der Waals surface area contributed by atoms with E-state index in [0.29, 0.717) is 16.2 Å². The molecule has 1 aliphatic heterocycles. The van der Waals surface area contributed by atoms with Gasteiger partial charge >= 0.3 is 0 Å². The van der Waals surface area contributed by atoms with Crippen molar-refractivity contribution in [2.24, 2.45) is 5.41 Å². The second-order valence-corrected chi connectivity index (χ2v) is 10.5.